The van der Waals surface area contributed by atoms with Crippen molar-refractivity contribution in [2.45, 2.75) is 13.0 Å². The molecule has 96 valence electrons. The highest BCUT2D eigenvalue weighted by Crippen LogP contribution is 2.24. The molecule has 3 rings (SSSR count). The number of rotatable bonds is 3. The number of aromatic nitrogens is 5. The molecule has 7 heteroatoms. The lowest BCUT2D eigenvalue weighted by Crippen LogP contribution is -2.10. The molecule has 1 aromatic carbocycles. The smallest absolute Gasteiger partial charge is 0.200 e. The zero-order chi connectivity index (χ0) is 13.2. The Labute approximate surface area is 114 Å². The lowest BCUT2D eigenvalue weighted by Gasteiger charge is -2.15. The van der Waals surface area contributed by atoms with Gasteiger partial charge in [0.2, 0.25) is 0 Å². The third kappa shape index (κ3) is 2.34. The maximum Gasteiger partial charge on any atom is 0.200 e. The van der Waals surface area contributed by atoms with Crippen LogP contribution in [0.1, 0.15) is 18.5 Å². The summed E-state index contributed by atoms with van der Waals surface area (Å²) in [5.41, 5.74) is 1.62. The van der Waals surface area contributed by atoms with Crippen molar-refractivity contribution in [3.63, 3.8) is 0 Å². The molecule has 1 atom stereocenters. The highest BCUT2D eigenvalue weighted by molar-refractivity contribution is 6.31. The van der Waals surface area contributed by atoms with Crippen LogP contribution in [0.5, 0.6) is 0 Å². The Morgan fingerprint density at radius 3 is 2.89 bits per heavy atom. The summed E-state index contributed by atoms with van der Waals surface area (Å²) < 4.78 is 1.38. The number of nitrogens with zero attached hydrogens (tertiary/aromatic N) is 5. The minimum Gasteiger partial charge on any atom is -0.362 e. The number of hydrogen-bond acceptors (Lipinski definition) is 5. The van der Waals surface area contributed by atoms with Gasteiger partial charge < -0.3 is 5.32 Å². The van der Waals surface area contributed by atoms with Crippen molar-refractivity contribution in [1.82, 2.24) is 25.3 Å². The SMILES string of the molecule is CC(Nc1ccc2nnnn2n1)c1ccccc1Cl. The van der Waals surface area contributed by atoms with Crippen LogP contribution >= 0.6 is 11.6 Å². The quantitative estimate of drug-likeness (QED) is 0.794. The van der Waals surface area contributed by atoms with E-state index >= 15 is 0 Å². The number of tetrazole rings is 1. The second kappa shape index (κ2) is 4.81. The number of fused-ring (bicyclic) bond motifs is 1. The van der Waals surface area contributed by atoms with E-state index < -0.39 is 0 Å². The molecule has 0 bridgehead atoms. The van der Waals surface area contributed by atoms with Crippen molar-refractivity contribution in [2.24, 2.45) is 0 Å². The van der Waals surface area contributed by atoms with Gasteiger partial charge in [-0.2, -0.15) is 0 Å². The molecule has 3 aromatic rings. The molecular weight excluding hydrogens is 264 g/mol. The molecule has 1 unspecified atom stereocenters. The largest absolute Gasteiger partial charge is 0.362 e. The van der Waals surface area contributed by atoms with E-state index in [1.54, 1.807) is 6.07 Å². The van der Waals surface area contributed by atoms with Gasteiger partial charge in [0.1, 0.15) is 5.82 Å². The zero-order valence-corrected chi connectivity index (χ0v) is 10.9. The first kappa shape index (κ1) is 11.9. The third-order valence-corrected chi connectivity index (χ3v) is 3.15. The van der Waals surface area contributed by atoms with Crippen molar-refractivity contribution in [2.75, 3.05) is 5.32 Å². The molecule has 6 nitrogen and oxygen atoms in total. The average molecular weight is 275 g/mol. The lowest BCUT2D eigenvalue weighted by molar-refractivity contribution is 0.728. The summed E-state index contributed by atoms with van der Waals surface area (Å²) in [7, 11) is 0. The van der Waals surface area contributed by atoms with Crippen molar-refractivity contribution >= 4 is 23.1 Å². The number of hydrogen-bond donors (Lipinski definition) is 1. The van der Waals surface area contributed by atoms with Gasteiger partial charge in [-0.25, -0.2) is 0 Å². The Morgan fingerprint density at radius 2 is 2.05 bits per heavy atom. The van der Waals surface area contributed by atoms with Crippen LogP contribution in [0.3, 0.4) is 0 Å². The second-order valence-corrected chi connectivity index (χ2v) is 4.54. The summed E-state index contributed by atoms with van der Waals surface area (Å²) in [4.78, 5) is 0. The normalized spacial score (nSPS) is 12.5. The van der Waals surface area contributed by atoms with Gasteiger partial charge in [0.25, 0.3) is 0 Å². The van der Waals surface area contributed by atoms with Gasteiger partial charge in [0.05, 0.1) is 6.04 Å². The summed E-state index contributed by atoms with van der Waals surface area (Å²) in [6.07, 6.45) is 0. The fraction of sp³-hybridized carbons (Fsp3) is 0.167. The van der Waals surface area contributed by atoms with Crippen LogP contribution in [0.2, 0.25) is 5.02 Å². The minimum atomic E-state index is 0.0372. The summed E-state index contributed by atoms with van der Waals surface area (Å²) >= 11 is 6.16. The third-order valence-electron chi connectivity index (χ3n) is 2.81. The molecule has 0 spiro atoms. The molecule has 19 heavy (non-hydrogen) atoms. The fourth-order valence-corrected chi connectivity index (χ4v) is 2.15. The van der Waals surface area contributed by atoms with E-state index in [0.717, 1.165) is 10.6 Å². The highest BCUT2D eigenvalue weighted by atomic mass is 35.5. The standard InChI is InChI=1S/C12H11ClN6/c1-8(9-4-2-3-5-10(9)13)14-11-6-7-12-15-17-18-19(12)16-11/h2-8H,1H3,(H,14,16). The Kier molecular flexibility index (Phi) is 3.00. The van der Waals surface area contributed by atoms with Gasteiger partial charge in [-0.05, 0) is 41.1 Å². The van der Waals surface area contributed by atoms with Crippen LogP contribution in [0, 0.1) is 0 Å². The summed E-state index contributed by atoms with van der Waals surface area (Å²) in [5, 5.41) is 19.4. The molecule has 0 aliphatic heterocycles. The molecule has 0 fully saturated rings. The van der Waals surface area contributed by atoms with E-state index in [4.69, 9.17) is 11.6 Å². The molecule has 1 N–H and O–H groups in total. The van der Waals surface area contributed by atoms with E-state index in [1.807, 2.05) is 37.3 Å². The summed E-state index contributed by atoms with van der Waals surface area (Å²) in [6.45, 7) is 2.02. The first-order valence-electron chi connectivity index (χ1n) is 5.80. The number of anilines is 1. The predicted octanol–water partition coefficient (Wildman–Crippen LogP) is 2.35. The molecule has 0 aliphatic carbocycles. The summed E-state index contributed by atoms with van der Waals surface area (Å²) in [5.74, 6) is 0.687. The van der Waals surface area contributed by atoms with Crippen molar-refractivity contribution in [3.8, 4) is 0 Å². The first-order chi connectivity index (χ1) is 9.24. The van der Waals surface area contributed by atoms with Crippen LogP contribution in [-0.2, 0) is 0 Å². The highest BCUT2D eigenvalue weighted by Gasteiger charge is 2.10. The Bertz CT molecular complexity index is 710. The molecule has 0 saturated heterocycles. The van der Waals surface area contributed by atoms with Gasteiger partial charge in [-0.1, -0.05) is 29.8 Å². The van der Waals surface area contributed by atoms with E-state index in [0.29, 0.717) is 11.5 Å². The van der Waals surface area contributed by atoms with Crippen molar-refractivity contribution in [3.05, 3.63) is 47.0 Å². The topological polar surface area (TPSA) is 68.0 Å². The molecule has 0 aliphatic rings. The van der Waals surface area contributed by atoms with Crippen molar-refractivity contribution < 1.29 is 0 Å². The molecular formula is C12H11ClN6. The van der Waals surface area contributed by atoms with Gasteiger partial charge in [0, 0.05) is 5.02 Å². The van der Waals surface area contributed by atoms with Crippen LogP contribution < -0.4 is 5.32 Å². The molecule has 2 heterocycles. The van der Waals surface area contributed by atoms with Gasteiger partial charge in [0.15, 0.2) is 5.65 Å². The van der Waals surface area contributed by atoms with Crippen LogP contribution in [-0.4, -0.2) is 25.3 Å². The van der Waals surface area contributed by atoms with Gasteiger partial charge in [-0.3, -0.25) is 0 Å². The van der Waals surface area contributed by atoms with E-state index in [1.165, 1.54) is 4.63 Å². The van der Waals surface area contributed by atoms with Gasteiger partial charge in [-0.15, -0.1) is 14.8 Å². The average Bonchev–Trinajstić information content (AvgIpc) is 2.86. The van der Waals surface area contributed by atoms with Crippen LogP contribution in [0.25, 0.3) is 5.65 Å². The van der Waals surface area contributed by atoms with Crippen molar-refractivity contribution in [1.29, 1.82) is 0 Å². The maximum atomic E-state index is 6.16. The first-order valence-corrected chi connectivity index (χ1v) is 6.18. The minimum absolute atomic E-state index is 0.0372. The maximum absolute atomic E-state index is 6.16. The second-order valence-electron chi connectivity index (χ2n) is 4.13. The molecule has 0 saturated carbocycles. The fourth-order valence-electron chi connectivity index (χ4n) is 1.85. The van der Waals surface area contributed by atoms with Gasteiger partial charge >= 0.3 is 0 Å². The molecule has 0 radical (unpaired) electrons. The van der Waals surface area contributed by atoms with E-state index in [9.17, 15) is 0 Å². The monoisotopic (exact) mass is 274 g/mol. The Hall–Kier alpha value is -2.21. The lowest BCUT2D eigenvalue weighted by atomic mass is 10.1. The number of nitrogens with one attached hydrogen (secondary N) is 1. The number of benzene rings is 1. The van der Waals surface area contributed by atoms with Crippen LogP contribution in [0.15, 0.2) is 36.4 Å². The zero-order valence-electron chi connectivity index (χ0n) is 10.2. The molecule has 0 amide bonds. The predicted molar refractivity (Wildman–Crippen MR) is 72.1 cm³/mol. The van der Waals surface area contributed by atoms with E-state index in [-0.39, 0.29) is 6.04 Å². The summed E-state index contributed by atoms with van der Waals surface area (Å²) in [6, 6.07) is 11.4. The molecule has 2 aromatic heterocycles. The number of halogens is 1. The van der Waals surface area contributed by atoms with Crippen LogP contribution in [0.4, 0.5) is 5.82 Å². The Morgan fingerprint density at radius 1 is 1.21 bits per heavy atom. The van der Waals surface area contributed by atoms with E-state index in [2.05, 4.69) is 25.9 Å². The Balaban J connectivity index is 1.86.